The molecule has 1 aliphatic heterocycles. The third-order valence-corrected chi connectivity index (χ3v) is 3.77. The molecule has 0 radical (unpaired) electrons. The van der Waals surface area contributed by atoms with Gasteiger partial charge in [0.25, 0.3) is 0 Å². The first kappa shape index (κ1) is 9.20. The van der Waals surface area contributed by atoms with Gasteiger partial charge in [-0.05, 0) is 49.8 Å². The first-order valence-electron chi connectivity index (χ1n) is 5.67. The van der Waals surface area contributed by atoms with Crippen molar-refractivity contribution in [3.05, 3.63) is 29.6 Å². The normalized spacial score (nSPS) is 26.7. The zero-order valence-corrected chi connectivity index (χ0v) is 8.92. The molecule has 1 aromatic rings. The van der Waals surface area contributed by atoms with Gasteiger partial charge in [0.1, 0.15) is 17.2 Å². The average molecular weight is 206 g/mol. The molecule has 2 aliphatic rings. The molecule has 1 fully saturated rings. The Labute approximate surface area is 89.3 Å². The lowest BCUT2D eigenvalue weighted by Crippen LogP contribution is -2.46. The maximum absolute atomic E-state index is 13.1. The number of ether oxygens (including phenoxy) is 1. The minimum absolute atomic E-state index is 0.0875. The zero-order chi connectivity index (χ0) is 10.5. The van der Waals surface area contributed by atoms with Gasteiger partial charge in [-0.15, -0.1) is 0 Å². The fourth-order valence-corrected chi connectivity index (χ4v) is 2.82. The Kier molecular flexibility index (Phi) is 1.82. The monoisotopic (exact) mass is 206 g/mol. The van der Waals surface area contributed by atoms with Gasteiger partial charge in [0.15, 0.2) is 0 Å². The number of hydrogen-bond donors (Lipinski definition) is 0. The zero-order valence-electron chi connectivity index (χ0n) is 8.92. The first-order valence-corrected chi connectivity index (χ1v) is 5.67. The van der Waals surface area contributed by atoms with E-state index in [-0.39, 0.29) is 11.4 Å². The van der Waals surface area contributed by atoms with Crippen molar-refractivity contribution < 1.29 is 9.13 Å². The Morgan fingerprint density at radius 2 is 2.20 bits per heavy atom. The minimum Gasteiger partial charge on any atom is -0.487 e. The summed E-state index contributed by atoms with van der Waals surface area (Å²) in [5.41, 5.74) is 1.12. The van der Waals surface area contributed by atoms with E-state index in [9.17, 15) is 4.39 Å². The maximum Gasteiger partial charge on any atom is 0.123 e. The summed E-state index contributed by atoms with van der Waals surface area (Å²) < 4.78 is 19.1. The molecule has 0 amide bonds. The van der Waals surface area contributed by atoms with Crippen LogP contribution in [0.4, 0.5) is 4.39 Å². The predicted molar refractivity (Wildman–Crippen MR) is 56.6 cm³/mol. The fraction of sp³-hybridized carbons (Fsp3) is 0.538. The Bertz CT molecular complexity index is 396. The molecular formula is C13H15FO. The SMILES string of the molecule is CC1CC2(CCC2)Oc2ccc(F)cc21. The molecule has 1 aliphatic carbocycles. The van der Waals surface area contributed by atoms with Crippen LogP contribution in [0.5, 0.6) is 5.75 Å². The van der Waals surface area contributed by atoms with Crippen molar-refractivity contribution in [3.8, 4) is 5.75 Å². The van der Waals surface area contributed by atoms with Crippen molar-refractivity contribution in [1.82, 2.24) is 0 Å². The summed E-state index contributed by atoms with van der Waals surface area (Å²) in [4.78, 5) is 0. The van der Waals surface area contributed by atoms with Crippen LogP contribution in [0.2, 0.25) is 0 Å². The Morgan fingerprint density at radius 3 is 2.87 bits per heavy atom. The molecule has 1 nitrogen and oxygen atoms in total. The smallest absolute Gasteiger partial charge is 0.123 e. The molecule has 2 heteroatoms. The third kappa shape index (κ3) is 1.35. The summed E-state index contributed by atoms with van der Waals surface area (Å²) >= 11 is 0. The van der Waals surface area contributed by atoms with Crippen molar-refractivity contribution in [2.45, 2.75) is 44.1 Å². The molecule has 80 valence electrons. The molecule has 0 saturated heterocycles. The van der Waals surface area contributed by atoms with Crippen molar-refractivity contribution in [3.63, 3.8) is 0 Å². The lowest BCUT2D eigenvalue weighted by molar-refractivity contribution is -0.0319. The second kappa shape index (κ2) is 2.97. The van der Waals surface area contributed by atoms with Crippen LogP contribution in [0.3, 0.4) is 0 Å². The van der Waals surface area contributed by atoms with Gasteiger partial charge in [0, 0.05) is 5.56 Å². The lowest BCUT2D eigenvalue weighted by atomic mass is 9.71. The molecule has 15 heavy (non-hydrogen) atoms. The number of hydrogen-bond acceptors (Lipinski definition) is 1. The first-order chi connectivity index (χ1) is 7.19. The van der Waals surface area contributed by atoms with Crippen LogP contribution >= 0.6 is 0 Å². The number of rotatable bonds is 0. The van der Waals surface area contributed by atoms with Gasteiger partial charge < -0.3 is 4.74 Å². The topological polar surface area (TPSA) is 9.23 Å². The standard InChI is InChI=1S/C13H15FO/c1-9-8-13(5-2-6-13)15-12-4-3-10(14)7-11(9)12/h3-4,7,9H,2,5-6,8H2,1H3. The highest BCUT2D eigenvalue weighted by atomic mass is 19.1. The largest absolute Gasteiger partial charge is 0.487 e. The second-order valence-corrected chi connectivity index (χ2v) is 4.93. The average Bonchev–Trinajstić information content (AvgIpc) is 2.16. The minimum atomic E-state index is -0.159. The van der Waals surface area contributed by atoms with Crippen LogP contribution in [-0.4, -0.2) is 5.60 Å². The van der Waals surface area contributed by atoms with Gasteiger partial charge in [0.05, 0.1) is 0 Å². The van der Waals surface area contributed by atoms with E-state index in [0.717, 1.165) is 30.6 Å². The molecular weight excluding hydrogens is 191 g/mol. The highest BCUT2D eigenvalue weighted by molar-refractivity contribution is 5.39. The van der Waals surface area contributed by atoms with Crippen molar-refractivity contribution >= 4 is 0 Å². The Balaban J connectivity index is 2.01. The Hall–Kier alpha value is -1.05. The van der Waals surface area contributed by atoms with Crippen molar-refractivity contribution in [2.75, 3.05) is 0 Å². The summed E-state index contributed by atoms with van der Waals surface area (Å²) in [6, 6.07) is 4.88. The molecule has 0 N–H and O–H groups in total. The fourth-order valence-electron chi connectivity index (χ4n) is 2.82. The van der Waals surface area contributed by atoms with Crippen LogP contribution in [0.15, 0.2) is 18.2 Å². The van der Waals surface area contributed by atoms with Crippen LogP contribution in [0.1, 0.15) is 44.1 Å². The van der Waals surface area contributed by atoms with Gasteiger partial charge in [-0.3, -0.25) is 0 Å². The van der Waals surface area contributed by atoms with Gasteiger partial charge in [-0.1, -0.05) is 6.92 Å². The van der Waals surface area contributed by atoms with Crippen LogP contribution in [0, 0.1) is 5.82 Å². The molecule has 1 heterocycles. The van der Waals surface area contributed by atoms with Crippen molar-refractivity contribution in [1.29, 1.82) is 0 Å². The molecule has 0 bridgehead atoms. The van der Waals surface area contributed by atoms with E-state index in [1.165, 1.54) is 12.5 Å². The predicted octanol–water partition coefficient (Wildman–Crippen LogP) is 3.63. The van der Waals surface area contributed by atoms with E-state index in [4.69, 9.17) is 4.74 Å². The molecule has 1 atom stereocenters. The van der Waals surface area contributed by atoms with E-state index in [1.807, 2.05) is 0 Å². The van der Waals surface area contributed by atoms with Gasteiger partial charge >= 0.3 is 0 Å². The molecule has 0 aromatic heterocycles. The summed E-state index contributed by atoms with van der Waals surface area (Å²) in [7, 11) is 0. The van der Waals surface area contributed by atoms with Crippen LogP contribution in [0.25, 0.3) is 0 Å². The number of halogens is 1. The van der Waals surface area contributed by atoms with Gasteiger partial charge in [0.2, 0.25) is 0 Å². The summed E-state index contributed by atoms with van der Waals surface area (Å²) in [6.45, 7) is 2.17. The van der Waals surface area contributed by atoms with E-state index < -0.39 is 0 Å². The van der Waals surface area contributed by atoms with Crippen molar-refractivity contribution in [2.24, 2.45) is 0 Å². The summed E-state index contributed by atoms with van der Waals surface area (Å²) in [5, 5.41) is 0. The highest BCUT2D eigenvalue weighted by Crippen LogP contribution is 2.49. The third-order valence-electron chi connectivity index (χ3n) is 3.77. The van der Waals surface area contributed by atoms with Gasteiger partial charge in [-0.25, -0.2) is 4.39 Å². The van der Waals surface area contributed by atoms with Crippen LogP contribution < -0.4 is 4.74 Å². The van der Waals surface area contributed by atoms with E-state index in [1.54, 1.807) is 12.1 Å². The van der Waals surface area contributed by atoms with E-state index in [0.29, 0.717) is 5.92 Å². The molecule has 3 rings (SSSR count). The summed E-state index contributed by atoms with van der Waals surface area (Å²) in [6.07, 6.45) is 4.63. The number of fused-ring (bicyclic) bond motifs is 1. The van der Waals surface area contributed by atoms with E-state index in [2.05, 4.69) is 6.92 Å². The lowest BCUT2D eigenvalue weighted by Gasteiger charge is -2.47. The molecule has 1 saturated carbocycles. The summed E-state index contributed by atoms with van der Waals surface area (Å²) in [5.74, 6) is 1.16. The molecule has 1 spiro atoms. The number of benzene rings is 1. The second-order valence-electron chi connectivity index (χ2n) is 4.93. The molecule has 1 aromatic carbocycles. The van der Waals surface area contributed by atoms with Crippen LogP contribution in [-0.2, 0) is 0 Å². The quantitative estimate of drug-likeness (QED) is 0.629. The highest BCUT2D eigenvalue weighted by Gasteiger charge is 2.44. The molecule has 1 unspecified atom stereocenters. The Morgan fingerprint density at radius 1 is 1.40 bits per heavy atom. The maximum atomic E-state index is 13.1. The van der Waals surface area contributed by atoms with E-state index >= 15 is 0 Å². The van der Waals surface area contributed by atoms with Gasteiger partial charge in [-0.2, -0.15) is 0 Å².